The molecule has 0 spiro atoms. The highest BCUT2D eigenvalue weighted by Gasteiger charge is 2.42. The van der Waals surface area contributed by atoms with Gasteiger partial charge in [0, 0.05) is 49.5 Å². The number of hydrogen-bond acceptors (Lipinski definition) is 11. The number of esters is 2. The van der Waals surface area contributed by atoms with Gasteiger partial charge in [0.05, 0.1) is 35.1 Å². The molecule has 3 aromatic rings. The van der Waals surface area contributed by atoms with E-state index < -0.39 is 71.7 Å². The second-order valence-electron chi connectivity index (χ2n) is 14.1. The zero-order chi connectivity index (χ0) is 39.0. The first kappa shape index (κ1) is 38.8. The van der Waals surface area contributed by atoms with Crippen LogP contribution in [-0.2, 0) is 58.6 Å². The second-order valence-corrected chi connectivity index (χ2v) is 14.1. The molecule has 16 heteroatoms. The molecule has 15 nitrogen and oxygen atoms in total. The average Bonchev–Trinajstić information content (AvgIpc) is 3.45. The summed E-state index contributed by atoms with van der Waals surface area (Å²) >= 11 is 0. The van der Waals surface area contributed by atoms with Crippen molar-refractivity contribution in [2.75, 3.05) is 19.7 Å². The first-order chi connectivity index (χ1) is 24.9. The minimum absolute atomic E-state index is 0.0304. The zero-order valence-corrected chi connectivity index (χ0v) is 30.8. The lowest BCUT2D eigenvalue weighted by molar-refractivity contribution is -0.146. The monoisotopic (exact) mass is 737 g/mol. The number of aryl methyl sites for hydroxylation is 1. The standard InChI is InChI=1S/C37H44FN5O10/c1-8-37(50,34(48)39-11-12-40-35(49)53-36(5,6)7)24-13-28-32-22(15-43(28)33(47)23(24)16-51-19(3)44)31-26(41-29(46)17-52-20(4)45)10-9-21-18(2)25(38)14-27(42-32)30(21)31/h13-14,26,50H,8-12,15-17H2,1-7H3,(H,39,48)(H,40,49)(H,41,46)/t26-,37-/m0/s1. The number of nitrogens with zero attached hydrogens (tertiary/aromatic N) is 2. The molecule has 0 fully saturated rings. The van der Waals surface area contributed by atoms with Crippen LogP contribution in [0.2, 0.25) is 0 Å². The maximum absolute atomic E-state index is 15.3. The number of carbonyl (C=O) groups excluding carboxylic acids is 5. The van der Waals surface area contributed by atoms with E-state index in [1.807, 2.05) is 0 Å². The SMILES string of the molecule is CC[C@@](O)(C(=O)NCCNC(=O)OC(C)(C)C)c1cc2n(c(=O)c1COC(C)=O)Cc1c-2nc2cc(F)c(C)c3c2c1[C@@H](NC(=O)COC(C)=O)CC3. The molecule has 5 rings (SSSR count). The summed E-state index contributed by atoms with van der Waals surface area (Å²) in [5, 5.41) is 20.7. The summed E-state index contributed by atoms with van der Waals surface area (Å²) in [7, 11) is 0. The Bertz CT molecular complexity index is 2090. The molecule has 0 saturated heterocycles. The highest BCUT2D eigenvalue weighted by Crippen LogP contribution is 2.45. The topological polar surface area (TPSA) is 204 Å². The Kier molecular flexibility index (Phi) is 10.9. The van der Waals surface area contributed by atoms with Gasteiger partial charge in [-0.15, -0.1) is 0 Å². The van der Waals surface area contributed by atoms with E-state index in [4.69, 9.17) is 19.2 Å². The number of benzene rings is 1. The van der Waals surface area contributed by atoms with E-state index in [1.165, 1.54) is 23.6 Å². The number of alkyl carbamates (subject to hydrolysis) is 1. The van der Waals surface area contributed by atoms with Gasteiger partial charge >= 0.3 is 18.0 Å². The molecule has 3 amide bonds. The summed E-state index contributed by atoms with van der Waals surface area (Å²) in [6.07, 6.45) is -0.107. The number of amides is 3. The van der Waals surface area contributed by atoms with Gasteiger partial charge in [-0.05, 0) is 69.7 Å². The lowest BCUT2D eigenvalue weighted by atomic mass is 9.81. The third-order valence-electron chi connectivity index (χ3n) is 9.31. The Labute approximate surface area is 304 Å². The van der Waals surface area contributed by atoms with E-state index >= 15 is 4.39 Å². The smallest absolute Gasteiger partial charge is 0.407 e. The van der Waals surface area contributed by atoms with Crippen molar-refractivity contribution in [1.82, 2.24) is 25.5 Å². The number of aromatic nitrogens is 2. The lowest BCUT2D eigenvalue weighted by Gasteiger charge is -2.29. The molecule has 0 saturated carbocycles. The number of fused-ring (bicyclic) bond motifs is 4. The van der Waals surface area contributed by atoms with Crippen LogP contribution in [0.5, 0.6) is 0 Å². The van der Waals surface area contributed by atoms with Crippen LogP contribution >= 0.6 is 0 Å². The van der Waals surface area contributed by atoms with Crippen molar-refractivity contribution in [3.8, 4) is 11.4 Å². The maximum Gasteiger partial charge on any atom is 0.407 e. The van der Waals surface area contributed by atoms with E-state index in [0.717, 1.165) is 6.92 Å². The highest BCUT2D eigenvalue weighted by atomic mass is 19.1. The number of pyridine rings is 2. The maximum atomic E-state index is 15.3. The number of carbonyl (C=O) groups is 5. The van der Waals surface area contributed by atoms with Crippen molar-refractivity contribution < 1.29 is 47.7 Å². The second kappa shape index (κ2) is 14.9. The van der Waals surface area contributed by atoms with E-state index in [2.05, 4.69) is 16.0 Å². The van der Waals surface area contributed by atoms with Crippen LogP contribution in [0, 0.1) is 12.7 Å². The minimum atomic E-state index is -2.31. The summed E-state index contributed by atoms with van der Waals surface area (Å²) in [6, 6.07) is 2.12. The third-order valence-corrected chi connectivity index (χ3v) is 9.31. The van der Waals surface area contributed by atoms with Crippen molar-refractivity contribution in [2.24, 2.45) is 0 Å². The van der Waals surface area contributed by atoms with Gasteiger partial charge in [0.15, 0.2) is 12.2 Å². The fourth-order valence-corrected chi connectivity index (χ4v) is 6.85. The number of rotatable bonds is 11. The summed E-state index contributed by atoms with van der Waals surface area (Å²) in [6.45, 7) is 9.44. The van der Waals surface area contributed by atoms with Crippen molar-refractivity contribution in [3.63, 3.8) is 0 Å². The molecular weight excluding hydrogens is 693 g/mol. The minimum Gasteiger partial charge on any atom is -0.461 e. The molecule has 2 atom stereocenters. The van der Waals surface area contributed by atoms with Crippen LogP contribution in [0.25, 0.3) is 22.3 Å². The Hall–Kier alpha value is -5.38. The van der Waals surface area contributed by atoms with Crippen molar-refractivity contribution in [3.05, 3.63) is 61.7 Å². The molecule has 0 unspecified atom stereocenters. The molecule has 2 aliphatic rings. The van der Waals surface area contributed by atoms with Gasteiger partial charge in [0.1, 0.15) is 18.0 Å². The van der Waals surface area contributed by atoms with Crippen molar-refractivity contribution >= 4 is 40.7 Å². The van der Waals surface area contributed by atoms with Crippen LogP contribution in [0.15, 0.2) is 16.9 Å². The molecule has 1 aliphatic heterocycles. The van der Waals surface area contributed by atoms with Gasteiger partial charge in [-0.1, -0.05) is 6.92 Å². The summed E-state index contributed by atoms with van der Waals surface area (Å²) < 4.78 is 32.0. The van der Waals surface area contributed by atoms with Crippen molar-refractivity contribution in [1.29, 1.82) is 0 Å². The molecule has 53 heavy (non-hydrogen) atoms. The van der Waals surface area contributed by atoms with Crippen LogP contribution < -0.4 is 21.5 Å². The largest absolute Gasteiger partial charge is 0.461 e. The van der Waals surface area contributed by atoms with Gasteiger partial charge in [-0.2, -0.15) is 0 Å². The molecule has 1 aromatic carbocycles. The summed E-state index contributed by atoms with van der Waals surface area (Å²) in [5.74, 6) is -3.23. The molecule has 0 bridgehead atoms. The molecule has 1 aliphatic carbocycles. The van der Waals surface area contributed by atoms with Crippen LogP contribution in [0.4, 0.5) is 9.18 Å². The van der Waals surface area contributed by atoms with Crippen LogP contribution in [-0.4, -0.2) is 69.8 Å². The Morgan fingerprint density at radius 1 is 1.04 bits per heavy atom. The normalized spacial score (nSPS) is 15.5. The molecular formula is C37H44FN5O10. The van der Waals surface area contributed by atoms with Gasteiger partial charge in [0.25, 0.3) is 17.4 Å². The number of ether oxygens (including phenoxy) is 3. The van der Waals surface area contributed by atoms with E-state index in [9.17, 15) is 33.9 Å². The summed E-state index contributed by atoms with van der Waals surface area (Å²) in [5.41, 5.74) is -0.860. The Balaban J connectivity index is 1.61. The number of aliphatic hydroxyl groups is 1. The van der Waals surface area contributed by atoms with Gasteiger partial charge in [0.2, 0.25) is 0 Å². The fourth-order valence-electron chi connectivity index (χ4n) is 6.85. The average molecular weight is 738 g/mol. The van der Waals surface area contributed by atoms with E-state index in [1.54, 1.807) is 34.6 Å². The van der Waals surface area contributed by atoms with E-state index in [0.29, 0.717) is 40.5 Å². The van der Waals surface area contributed by atoms with Gasteiger partial charge in [-0.25, -0.2) is 14.2 Å². The van der Waals surface area contributed by atoms with Gasteiger partial charge in [-0.3, -0.25) is 24.0 Å². The Morgan fingerprint density at radius 2 is 1.72 bits per heavy atom. The molecule has 0 radical (unpaired) electrons. The number of nitrogens with one attached hydrogen (secondary N) is 3. The number of hydrogen-bond donors (Lipinski definition) is 4. The first-order valence-corrected chi connectivity index (χ1v) is 17.3. The molecule has 3 heterocycles. The summed E-state index contributed by atoms with van der Waals surface area (Å²) in [4.78, 5) is 81.1. The predicted octanol–water partition coefficient (Wildman–Crippen LogP) is 2.84. The molecule has 4 N–H and O–H groups in total. The van der Waals surface area contributed by atoms with Crippen LogP contribution in [0.1, 0.15) is 93.8 Å². The Morgan fingerprint density at radius 3 is 2.36 bits per heavy atom. The predicted molar refractivity (Wildman–Crippen MR) is 188 cm³/mol. The third kappa shape index (κ3) is 7.87. The van der Waals surface area contributed by atoms with Crippen molar-refractivity contribution in [2.45, 2.75) is 98.1 Å². The van der Waals surface area contributed by atoms with E-state index in [-0.39, 0.29) is 54.1 Å². The first-order valence-electron chi connectivity index (χ1n) is 17.3. The van der Waals surface area contributed by atoms with Gasteiger partial charge < -0.3 is 39.8 Å². The fraction of sp³-hybridized carbons (Fsp3) is 0.486. The number of halogens is 1. The van der Waals surface area contributed by atoms with Crippen LogP contribution in [0.3, 0.4) is 0 Å². The quantitative estimate of drug-likeness (QED) is 0.100. The molecule has 284 valence electrons. The molecule has 2 aromatic heterocycles. The zero-order valence-electron chi connectivity index (χ0n) is 30.8. The lowest BCUT2D eigenvalue weighted by Crippen LogP contribution is -2.48. The highest BCUT2D eigenvalue weighted by molar-refractivity contribution is 5.94.